The Bertz CT molecular complexity index is 840. The fourth-order valence-electron chi connectivity index (χ4n) is 6.07. The quantitative estimate of drug-likeness (QED) is 0.0281. The molecule has 0 aliphatic rings. The first-order valence-electron chi connectivity index (χ1n) is 21.0. The van der Waals surface area contributed by atoms with E-state index in [-0.39, 0.29) is 25.7 Å². The fourth-order valence-corrected chi connectivity index (χ4v) is 6.83. The summed E-state index contributed by atoms with van der Waals surface area (Å²) in [6, 6.07) is -0.861. The molecule has 296 valence electrons. The third kappa shape index (κ3) is 35.4. The molecule has 0 aromatic rings. The number of carbonyl (C=O) groups excluding carboxylic acids is 1. The van der Waals surface area contributed by atoms with Crippen molar-refractivity contribution in [2.75, 3.05) is 19.8 Å². The number of unbranched alkanes of at least 4 members (excludes halogenated alkanes) is 25. The first-order chi connectivity index (χ1) is 24.4. The highest BCUT2D eigenvalue weighted by Crippen LogP contribution is 2.43. The SMILES string of the molecule is CCCCCCCCC/C=C\CCCCCCCC(=O)NC(COP(=O)(O)OCCN)C(O)/C=C/CCCCCCCCCCCCCCC. The molecule has 0 radical (unpaired) electrons. The van der Waals surface area contributed by atoms with Crippen LogP contribution in [-0.2, 0) is 18.4 Å². The molecule has 0 aliphatic heterocycles. The Morgan fingerprint density at radius 1 is 0.640 bits per heavy atom. The van der Waals surface area contributed by atoms with E-state index in [1.54, 1.807) is 6.08 Å². The topological polar surface area (TPSA) is 131 Å². The standard InChI is InChI=1S/C41H81N2O6P/c1-3-5-7-9-11-13-15-17-19-21-23-25-27-29-31-33-35-41(45)43-39(38-49-50(46,47)48-37-36-42)40(44)34-32-30-28-26-24-22-20-18-16-14-12-10-8-6-4-2/h19,21,32,34,39-40,44H,3-18,20,22-31,33,35-38,42H2,1-2H3,(H,43,45)(H,46,47)/b21-19-,34-32+. The Morgan fingerprint density at radius 2 is 1.04 bits per heavy atom. The van der Waals surface area contributed by atoms with Crippen molar-refractivity contribution < 1.29 is 28.4 Å². The van der Waals surface area contributed by atoms with Crippen LogP contribution in [0.1, 0.15) is 200 Å². The van der Waals surface area contributed by atoms with Gasteiger partial charge in [0.15, 0.2) is 0 Å². The molecule has 3 atom stereocenters. The predicted octanol–water partition coefficient (Wildman–Crippen LogP) is 11.4. The number of phosphoric acid groups is 1. The average Bonchev–Trinajstić information content (AvgIpc) is 3.10. The van der Waals surface area contributed by atoms with Crippen LogP contribution in [0.3, 0.4) is 0 Å². The maximum atomic E-state index is 12.7. The molecule has 0 aromatic heterocycles. The van der Waals surface area contributed by atoms with Gasteiger partial charge in [-0.15, -0.1) is 0 Å². The monoisotopic (exact) mass is 729 g/mol. The zero-order valence-electron chi connectivity index (χ0n) is 32.6. The van der Waals surface area contributed by atoms with Gasteiger partial charge in [-0.1, -0.05) is 173 Å². The maximum Gasteiger partial charge on any atom is 0.472 e. The third-order valence-electron chi connectivity index (χ3n) is 9.27. The van der Waals surface area contributed by atoms with Crippen molar-refractivity contribution >= 4 is 13.7 Å². The molecule has 0 aliphatic carbocycles. The molecular formula is C41H81N2O6P. The number of allylic oxidation sites excluding steroid dienone is 3. The lowest BCUT2D eigenvalue weighted by Crippen LogP contribution is -2.45. The number of aliphatic hydroxyl groups excluding tert-OH is 1. The van der Waals surface area contributed by atoms with Crippen molar-refractivity contribution in [2.24, 2.45) is 5.73 Å². The van der Waals surface area contributed by atoms with Crippen LogP contribution in [0.5, 0.6) is 0 Å². The smallest absolute Gasteiger partial charge is 0.387 e. The number of nitrogens with two attached hydrogens (primary N) is 1. The van der Waals surface area contributed by atoms with Crippen LogP contribution < -0.4 is 11.1 Å². The summed E-state index contributed by atoms with van der Waals surface area (Å²) in [5.41, 5.74) is 5.36. The van der Waals surface area contributed by atoms with Crippen molar-refractivity contribution in [2.45, 2.75) is 212 Å². The average molecular weight is 729 g/mol. The molecule has 0 saturated carbocycles. The first kappa shape index (κ1) is 49.0. The summed E-state index contributed by atoms with van der Waals surface area (Å²) >= 11 is 0. The van der Waals surface area contributed by atoms with Gasteiger partial charge < -0.3 is 21.1 Å². The molecule has 0 fully saturated rings. The van der Waals surface area contributed by atoms with Crippen LogP contribution in [-0.4, -0.2) is 47.8 Å². The number of hydrogen-bond donors (Lipinski definition) is 4. The van der Waals surface area contributed by atoms with E-state index >= 15 is 0 Å². The summed E-state index contributed by atoms with van der Waals surface area (Å²) in [6.45, 7) is 4.13. The molecular weight excluding hydrogens is 647 g/mol. The van der Waals surface area contributed by atoms with Crippen LogP contribution in [0.15, 0.2) is 24.3 Å². The van der Waals surface area contributed by atoms with Gasteiger partial charge in [-0.05, 0) is 44.9 Å². The molecule has 9 heteroatoms. The summed E-state index contributed by atoms with van der Waals surface area (Å²) < 4.78 is 22.1. The van der Waals surface area contributed by atoms with E-state index in [2.05, 4.69) is 31.3 Å². The highest BCUT2D eigenvalue weighted by atomic mass is 31.2. The lowest BCUT2D eigenvalue weighted by atomic mass is 10.0. The van der Waals surface area contributed by atoms with Gasteiger partial charge in [0.2, 0.25) is 5.91 Å². The van der Waals surface area contributed by atoms with E-state index in [4.69, 9.17) is 14.8 Å². The van der Waals surface area contributed by atoms with E-state index in [1.807, 2.05) is 6.08 Å². The van der Waals surface area contributed by atoms with Crippen LogP contribution in [0, 0.1) is 0 Å². The second-order valence-corrected chi connectivity index (χ2v) is 15.7. The molecule has 1 amide bonds. The van der Waals surface area contributed by atoms with Gasteiger partial charge in [-0.3, -0.25) is 13.8 Å². The van der Waals surface area contributed by atoms with Gasteiger partial charge in [-0.2, -0.15) is 0 Å². The number of rotatable bonds is 39. The third-order valence-corrected chi connectivity index (χ3v) is 10.3. The fraction of sp³-hybridized carbons (Fsp3) is 0.878. The second-order valence-electron chi connectivity index (χ2n) is 14.2. The van der Waals surface area contributed by atoms with Gasteiger partial charge in [0, 0.05) is 13.0 Å². The number of aliphatic hydroxyl groups is 1. The molecule has 0 saturated heterocycles. The minimum Gasteiger partial charge on any atom is -0.387 e. The van der Waals surface area contributed by atoms with Crippen molar-refractivity contribution in [1.82, 2.24) is 5.32 Å². The van der Waals surface area contributed by atoms with E-state index in [0.29, 0.717) is 6.42 Å². The first-order valence-corrected chi connectivity index (χ1v) is 22.5. The molecule has 0 spiro atoms. The summed E-state index contributed by atoms with van der Waals surface area (Å²) in [6.07, 6.45) is 42.2. The lowest BCUT2D eigenvalue weighted by molar-refractivity contribution is -0.123. The van der Waals surface area contributed by atoms with Gasteiger partial charge in [-0.25, -0.2) is 4.57 Å². The minimum absolute atomic E-state index is 0.0780. The van der Waals surface area contributed by atoms with Crippen molar-refractivity contribution in [3.63, 3.8) is 0 Å². The van der Waals surface area contributed by atoms with Crippen LogP contribution in [0.4, 0.5) is 0 Å². The Balaban J connectivity index is 4.26. The van der Waals surface area contributed by atoms with Crippen LogP contribution >= 0.6 is 7.82 Å². The number of phosphoric ester groups is 1. The predicted molar refractivity (Wildman–Crippen MR) is 212 cm³/mol. The van der Waals surface area contributed by atoms with Gasteiger partial charge in [0.25, 0.3) is 0 Å². The highest BCUT2D eigenvalue weighted by Gasteiger charge is 2.26. The highest BCUT2D eigenvalue weighted by molar-refractivity contribution is 7.47. The van der Waals surface area contributed by atoms with Crippen molar-refractivity contribution in [3.05, 3.63) is 24.3 Å². The molecule has 0 aromatic carbocycles. The molecule has 5 N–H and O–H groups in total. The molecule has 50 heavy (non-hydrogen) atoms. The van der Waals surface area contributed by atoms with E-state index in [1.165, 1.54) is 128 Å². The second kappa shape index (κ2) is 37.7. The van der Waals surface area contributed by atoms with E-state index < -0.39 is 20.0 Å². The normalized spacial score (nSPS) is 14.4. The number of amides is 1. The number of carbonyl (C=O) groups is 1. The van der Waals surface area contributed by atoms with Crippen LogP contribution in [0.2, 0.25) is 0 Å². The molecule has 0 heterocycles. The minimum atomic E-state index is -4.34. The van der Waals surface area contributed by atoms with Crippen LogP contribution in [0.25, 0.3) is 0 Å². The Morgan fingerprint density at radius 3 is 1.48 bits per heavy atom. The molecule has 8 nitrogen and oxygen atoms in total. The lowest BCUT2D eigenvalue weighted by Gasteiger charge is -2.23. The van der Waals surface area contributed by atoms with Gasteiger partial charge in [0.05, 0.1) is 25.4 Å². The maximum absolute atomic E-state index is 12.7. The van der Waals surface area contributed by atoms with E-state index in [0.717, 1.165) is 51.4 Å². The van der Waals surface area contributed by atoms with Gasteiger partial charge >= 0.3 is 7.82 Å². The summed E-state index contributed by atoms with van der Waals surface area (Å²) in [7, 11) is -4.34. The molecule has 0 rings (SSSR count). The Hall–Kier alpha value is -1.02. The number of hydrogen-bond acceptors (Lipinski definition) is 6. The largest absolute Gasteiger partial charge is 0.472 e. The zero-order chi connectivity index (χ0) is 36.8. The van der Waals surface area contributed by atoms with Gasteiger partial charge in [0.1, 0.15) is 0 Å². The molecule has 3 unspecified atom stereocenters. The van der Waals surface area contributed by atoms with Crippen molar-refractivity contribution in [1.29, 1.82) is 0 Å². The number of nitrogens with one attached hydrogen (secondary N) is 1. The summed E-state index contributed by atoms with van der Waals surface area (Å²) in [4.78, 5) is 22.7. The summed E-state index contributed by atoms with van der Waals surface area (Å²) in [5, 5.41) is 13.6. The zero-order valence-corrected chi connectivity index (χ0v) is 33.5. The van der Waals surface area contributed by atoms with E-state index in [9.17, 15) is 19.4 Å². The summed E-state index contributed by atoms with van der Waals surface area (Å²) in [5.74, 6) is -0.202. The van der Waals surface area contributed by atoms with Crippen molar-refractivity contribution in [3.8, 4) is 0 Å². The Labute approximate surface area is 308 Å². The molecule has 0 bridgehead atoms. The Kier molecular flexibility index (Phi) is 37.0.